The van der Waals surface area contributed by atoms with Crippen molar-refractivity contribution in [2.45, 2.75) is 38.8 Å². The van der Waals surface area contributed by atoms with E-state index in [4.69, 9.17) is 5.11 Å². The second-order valence-corrected chi connectivity index (χ2v) is 7.49. The molecule has 1 aliphatic heterocycles. The molecule has 0 saturated carbocycles. The minimum Gasteiger partial charge on any atom is -0.465 e. The molecule has 0 bridgehead atoms. The highest BCUT2D eigenvalue weighted by Crippen LogP contribution is 2.41. The number of likely N-dealkylation sites (tertiary alicyclic amines) is 1. The molecule has 2 heterocycles. The van der Waals surface area contributed by atoms with Crippen molar-refractivity contribution in [2.24, 2.45) is 0 Å². The first kappa shape index (κ1) is 16.3. The summed E-state index contributed by atoms with van der Waals surface area (Å²) in [7, 11) is 0. The number of nitrogens with zero attached hydrogens (tertiary/aromatic N) is 2. The van der Waals surface area contributed by atoms with E-state index in [0.717, 1.165) is 29.7 Å². The van der Waals surface area contributed by atoms with Crippen molar-refractivity contribution in [3.63, 3.8) is 0 Å². The lowest BCUT2D eigenvalue weighted by atomic mass is 10.0. The van der Waals surface area contributed by atoms with Crippen molar-refractivity contribution >= 4 is 22.8 Å². The van der Waals surface area contributed by atoms with Crippen LogP contribution in [0, 0.1) is 11.3 Å². The van der Waals surface area contributed by atoms with Crippen molar-refractivity contribution in [2.75, 3.05) is 13.1 Å². The first-order chi connectivity index (χ1) is 11.3. The minimum atomic E-state index is -0.994. The van der Waals surface area contributed by atoms with Gasteiger partial charge in [-0.2, -0.15) is 5.26 Å². The largest absolute Gasteiger partial charge is 0.465 e. The molecule has 3 N–H and O–H groups in total. The van der Waals surface area contributed by atoms with Gasteiger partial charge in [0.15, 0.2) is 0 Å². The van der Waals surface area contributed by atoms with Crippen LogP contribution < -0.4 is 9.80 Å². The van der Waals surface area contributed by atoms with Crippen molar-refractivity contribution in [3.8, 4) is 6.07 Å². The fourth-order valence-electron chi connectivity index (χ4n) is 3.94. The molecule has 1 aliphatic rings. The van der Waals surface area contributed by atoms with E-state index in [1.165, 1.54) is 0 Å². The van der Waals surface area contributed by atoms with Gasteiger partial charge in [-0.15, -0.1) is 0 Å². The van der Waals surface area contributed by atoms with Crippen LogP contribution in [0.15, 0.2) is 24.3 Å². The van der Waals surface area contributed by atoms with Gasteiger partial charge >= 0.3 is 6.09 Å². The van der Waals surface area contributed by atoms with Gasteiger partial charge in [-0.25, -0.2) is 4.79 Å². The molecule has 1 fully saturated rings. The molecule has 2 atom stereocenters. The number of benzene rings is 1. The van der Waals surface area contributed by atoms with Crippen LogP contribution in [-0.2, 0) is 0 Å². The average molecular weight is 327 g/mol. The number of fused-ring (bicyclic) bond motifs is 1. The molecule has 1 aromatic heterocycles. The number of aromatic amines is 1. The third kappa shape index (κ3) is 2.42. The van der Waals surface area contributed by atoms with Gasteiger partial charge in [-0.3, -0.25) is 4.48 Å². The van der Waals surface area contributed by atoms with Crippen LogP contribution in [0.4, 0.5) is 10.6 Å². The number of hydrogen-bond acceptors (Lipinski definition) is 2. The summed E-state index contributed by atoms with van der Waals surface area (Å²) in [6.45, 7) is 7.85. The summed E-state index contributed by atoms with van der Waals surface area (Å²) < 4.78 is 0.565. The van der Waals surface area contributed by atoms with Gasteiger partial charge in [0.25, 0.3) is 0 Å². The maximum atomic E-state index is 11.0. The van der Waals surface area contributed by atoms with Crippen molar-refractivity contribution < 1.29 is 9.90 Å². The van der Waals surface area contributed by atoms with Gasteiger partial charge in [0.2, 0.25) is 5.82 Å². The number of carbonyl (C=O) groups is 1. The molecule has 0 spiro atoms. The number of quaternary nitrogens is 1. The molecule has 1 aromatic carbocycles. The van der Waals surface area contributed by atoms with E-state index in [1.807, 2.05) is 24.3 Å². The predicted molar refractivity (Wildman–Crippen MR) is 93.9 cm³/mol. The van der Waals surface area contributed by atoms with Gasteiger partial charge in [0.1, 0.15) is 18.2 Å². The Hall–Kier alpha value is -2.52. The summed E-state index contributed by atoms with van der Waals surface area (Å²) in [4.78, 5) is 14.5. The van der Waals surface area contributed by atoms with E-state index in [0.29, 0.717) is 16.6 Å². The normalized spacial score (nSPS) is 24.0. The quantitative estimate of drug-likeness (QED) is 0.740. The third-order valence-corrected chi connectivity index (χ3v) is 5.23. The summed E-state index contributed by atoms with van der Waals surface area (Å²) in [6, 6.07) is 10.1. The summed E-state index contributed by atoms with van der Waals surface area (Å²) in [5.41, 5.74) is 1.44. The molecule has 3 rings (SSSR count). The number of amides is 1. The molecule has 1 unspecified atom stereocenters. The SMILES string of the molecule is CC(C)(C)[N+]1(c2[nH]c3ccccc3c2C#N)CC[C@H](NC(=O)O)C1. The Morgan fingerprint density at radius 1 is 1.42 bits per heavy atom. The van der Waals surface area contributed by atoms with E-state index in [2.05, 4.69) is 37.1 Å². The second-order valence-electron chi connectivity index (χ2n) is 7.49. The van der Waals surface area contributed by atoms with Crippen LogP contribution in [0.3, 0.4) is 0 Å². The molecular weight excluding hydrogens is 304 g/mol. The molecule has 2 aromatic rings. The molecule has 0 radical (unpaired) electrons. The van der Waals surface area contributed by atoms with Gasteiger partial charge in [-0.05, 0) is 26.8 Å². The molecule has 1 saturated heterocycles. The summed E-state index contributed by atoms with van der Waals surface area (Å²) in [5, 5.41) is 22.4. The fourth-order valence-corrected chi connectivity index (χ4v) is 3.94. The Morgan fingerprint density at radius 2 is 2.12 bits per heavy atom. The molecular formula is C18H23N4O2+. The maximum absolute atomic E-state index is 11.0. The Morgan fingerprint density at radius 3 is 2.75 bits per heavy atom. The van der Waals surface area contributed by atoms with E-state index in [9.17, 15) is 10.1 Å². The van der Waals surface area contributed by atoms with E-state index < -0.39 is 6.09 Å². The highest BCUT2D eigenvalue weighted by Gasteiger charge is 2.51. The molecule has 126 valence electrons. The standard InChI is InChI=1S/C18H22N4O2/c1-18(2,3)22(9-8-12(11-22)20-17(23)24)16-14(10-19)13-6-4-5-7-15(13)21-16/h4-7,12,20-21H,8-9,11H2,1-3H3/p+1/t12-,22?/m0/s1. The summed E-state index contributed by atoms with van der Waals surface area (Å²) in [6.07, 6.45) is -0.241. The Balaban J connectivity index is 2.16. The summed E-state index contributed by atoms with van der Waals surface area (Å²) in [5.74, 6) is 0.890. The Bertz CT molecular complexity index is 828. The topological polar surface area (TPSA) is 88.9 Å². The number of aromatic nitrogens is 1. The lowest BCUT2D eigenvalue weighted by Crippen LogP contribution is -2.61. The molecule has 6 nitrogen and oxygen atoms in total. The van der Waals surface area contributed by atoms with Crippen LogP contribution in [0.25, 0.3) is 10.9 Å². The van der Waals surface area contributed by atoms with Gasteiger partial charge < -0.3 is 15.4 Å². The number of H-pyrrole nitrogens is 1. The monoisotopic (exact) mass is 327 g/mol. The van der Waals surface area contributed by atoms with Crippen LogP contribution in [0.2, 0.25) is 0 Å². The van der Waals surface area contributed by atoms with E-state index in [1.54, 1.807) is 0 Å². The zero-order chi connectivity index (χ0) is 17.5. The van der Waals surface area contributed by atoms with E-state index in [-0.39, 0.29) is 11.6 Å². The predicted octanol–water partition coefficient (Wildman–Crippen LogP) is 3.19. The van der Waals surface area contributed by atoms with Crippen LogP contribution in [0.1, 0.15) is 32.8 Å². The maximum Gasteiger partial charge on any atom is 0.405 e. The van der Waals surface area contributed by atoms with Crippen LogP contribution in [-0.4, -0.2) is 40.9 Å². The molecule has 1 amide bonds. The van der Waals surface area contributed by atoms with Gasteiger partial charge in [0, 0.05) is 11.8 Å². The molecule has 6 heteroatoms. The number of hydrogen-bond donors (Lipinski definition) is 3. The van der Waals surface area contributed by atoms with Gasteiger partial charge in [-0.1, -0.05) is 18.2 Å². The first-order valence-electron chi connectivity index (χ1n) is 8.16. The lowest BCUT2D eigenvalue weighted by Gasteiger charge is -2.44. The number of carboxylic acid groups (broad SMARTS) is 1. The molecule has 0 aliphatic carbocycles. The van der Waals surface area contributed by atoms with E-state index >= 15 is 0 Å². The highest BCUT2D eigenvalue weighted by molar-refractivity contribution is 5.91. The van der Waals surface area contributed by atoms with Crippen molar-refractivity contribution in [1.82, 2.24) is 14.8 Å². The second kappa shape index (κ2) is 5.53. The average Bonchev–Trinajstić information content (AvgIpc) is 3.07. The zero-order valence-corrected chi connectivity index (χ0v) is 14.3. The van der Waals surface area contributed by atoms with Crippen LogP contribution >= 0.6 is 0 Å². The van der Waals surface area contributed by atoms with Crippen molar-refractivity contribution in [3.05, 3.63) is 29.8 Å². The Kier molecular flexibility index (Phi) is 3.77. The number of para-hydroxylation sites is 1. The Labute approximate surface area is 141 Å². The molecule has 24 heavy (non-hydrogen) atoms. The zero-order valence-electron chi connectivity index (χ0n) is 14.3. The summed E-state index contributed by atoms with van der Waals surface area (Å²) >= 11 is 0. The minimum absolute atomic E-state index is 0.111. The number of nitrogens with one attached hydrogen (secondary N) is 2. The lowest BCUT2D eigenvalue weighted by molar-refractivity contribution is 0.164. The fraction of sp³-hybridized carbons (Fsp3) is 0.444. The van der Waals surface area contributed by atoms with Crippen LogP contribution in [0.5, 0.6) is 0 Å². The number of rotatable bonds is 2. The smallest absolute Gasteiger partial charge is 0.405 e. The number of nitriles is 1. The van der Waals surface area contributed by atoms with Gasteiger partial charge in [0.05, 0.1) is 23.6 Å². The van der Waals surface area contributed by atoms with Crippen molar-refractivity contribution in [1.29, 1.82) is 5.26 Å². The highest BCUT2D eigenvalue weighted by atomic mass is 16.4. The third-order valence-electron chi connectivity index (χ3n) is 5.23. The first-order valence-corrected chi connectivity index (χ1v) is 8.16.